The highest BCUT2D eigenvalue weighted by atomic mass is 14.9. The van der Waals surface area contributed by atoms with Crippen LogP contribution in [0.3, 0.4) is 0 Å². The molecule has 84 valence electrons. The van der Waals surface area contributed by atoms with Crippen molar-refractivity contribution in [1.82, 2.24) is 4.57 Å². The number of hydrogen-bond acceptors (Lipinski definition) is 1. The van der Waals surface area contributed by atoms with Gasteiger partial charge in [-0.15, -0.1) is 0 Å². The molecule has 2 heteroatoms. The molecule has 1 aliphatic rings. The second kappa shape index (κ2) is 2.89. The van der Waals surface area contributed by atoms with Gasteiger partial charge in [0.05, 0.1) is 0 Å². The van der Waals surface area contributed by atoms with Gasteiger partial charge in [-0.3, -0.25) is 0 Å². The van der Waals surface area contributed by atoms with Crippen LogP contribution in [0.25, 0.3) is 10.9 Å². The summed E-state index contributed by atoms with van der Waals surface area (Å²) < 4.78 is 2.17. The average molecular weight is 214 g/mol. The van der Waals surface area contributed by atoms with Crippen molar-refractivity contribution in [2.75, 3.05) is 0 Å². The van der Waals surface area contributed by atoms with Crippen LogP contribution in [0.4, 0.5) is 0 Å². The number of hydrogen-bond donors (Lipinski definition) is 1. The molecule has 0 aliphatic heterocycles. The van der Waals surface area contributed by atoms with Gasteiger partial charge in [-0.2, -0.15) is 0 Å². The van der Waals surface area contributed by atoms with Crippen LogP contribution < -0.4 is 5.73 Å². The highest BCUT2D eigenvalue weighted by molar-refractivity contribution is 5.85. The minimum Gasteiger partial charge on any atom is -0.351 e. The molecule has 0 saturated heterocycles. The number of nitrogens with two attached hydrogens (primary N) is 1. The third kappa shape index (κ3) is 1.11. The molecule has 1 aliphatic carbocycles. The van der Waals surface area contributed by atoms with Crippen LogP contribution >= 0.6 is 0 Å². The Labute approximate surface area is 96.1 Å². The monoisotopic (exact) mass is 214 g/mol. The Morgan fingerprint density at radius 2 is 1.94 bits per heavy atom. The van der Waals surface area contributed by atoms with Gasteiger partial charge < -0.3 is 10.3 Å². The van der Waals surface area contributed by atoms with E-state index in [0.717, 1.165) is 0 Å². The van der Waals surface area contributed by atoms with Crippen LogP contribution in [-0.4, -0.2) is 10.6 Å². The lowest BCUT2D eigenvalue weighted by atomic mass is 10.00. The van der Waals surface area contributed by atoms with E-state index in [-0.39, 0.29) is 5.41 Å². The third-order valence-corrected chi connectivity index (χ3v) is 4.21. The van der Waals surface area contributed by atoms with Crippen LogP contribution in [0, 0.1) is 5.41 Å². The molecular weight excluding hydrogens is 196 g/mol. The number of aromatic nitrogens is 1. The summed E-state index contributed by atoms with van der Waals surface area (Å²) in [5, 5.41) is 1.36. The minimum absolute atomic E-state index is 0.254. The van der Waals surface area contributed by atoms with E-state index in [1.807, 2.05) is 0 Å². The lowest BCUT2D eigenvalue weighted by Gasteiger charge is -2.05. The number of rotatable bonds is 1. The first-order valence-electron chi connectivity index (χ1n) is 5.83. The van der Waals surface area contributed by atoms with Crippen molar-refractivity contribution in [2.45, 2.75) is 25.8 Å². The molecule has 0 amide bonds. The summed E-state index contributed by atoms with van der Waals surface area (Å²) in [6.07, 6.45) is 2.12. The van der Waals surface area contributed by atoms with Crippen molar-refractivity contribution in [3.63, 3.8) is 0 Å². The minimum atomic E-state index is 0.254. The molecular formula is C14H18N2. The molecule has 0 bridgehead atoms. The Morgan fingerprint density at radius 1 is 1.25 bits per heavy atom. The fourth-order valence-electron chi connectivity index (χ4n) is 2.87. The molecule has 16 heavy (non-hydrogen) atoms. The highest BCUT2D eigenvalue weighted by Gasteiger charge is 2.56. The number of aryl methyl sites for hydroxylation is 1. The third-order valence-electron chi connectivity index (χ3n) is 4.21. The second-order valence-electron chi connectivity index (χ2n) is 5.53. The molecule has 1 heterocycles. The molecule has 1 saturated carbocycles. The van der Waals surface area contributed by atoms with Crippen molar-refractivity contribution in [3.05, 3.63) is 36.0 Å². The standard InChI is InChI=1S/C14H18N2/c1-14(2)12(13(14)15)10-5-4-6-11-9(10)7-8-16(11)3/h4-8,12-13H,15H2,1-3H3/t12-,13-/m1/s1. The molecule has 2 aromatic rings. The van der Waals surface area contributed by atoms with E-state index in [2.05, 4.69) is 55.9 Å². The first-order valence-corrected chi connectivity index (χ1v) is 5.83. The lowest BCUT2D eigenvalue weighted by Crippen LogP contribution is -2.06. The summed E-state index contributed by atoms with van der Waals surface area (Å²) in [5.41, 5.74) is 9.13. The Bertz CT molecular complexity index is 551. The van der Waals surface area contributed by atoms with Gasteiger partial charge in [0, 0.05) is 36.1 Å². The topological polar surface area (TPSA) is 30.9 Å². The lowest BCUT2D eigenvalue weighted by molar-refractivity contribution is 0.600. The maximum atomic E-state index is 6.17. The molecule has 1 fully saturated rings. The summed E-state index contributed by atoms with van der Waals surface area (Å²) in [4.78, 5) is 0. The predicted molar refractivity (Wildman–Crippen MR) is 67.4 cm³/mol. The van der Waals surface area contributed by atoms with Gasteiger partial charge in [-0.05, 0) is 23.1 Å². The molecule has 3 rings (SSSR count). The Kier molecular flexibility index (Phi) is 1.79. The largest absolute Gasteiger partial charge is 0.351 e. The first-order chi connectivity index (χ1) is 7.53. The average Bonchev–Trinajstić information content (AvgIpc) is 2.60. The summed E-state index contributed by atoms with van der Waals surface area (Å²) >= 11 is 0. The Hall–Kier alpha value is -1.28. The Balaban J connectivity index is 2.19. The molecule has 0 radical (unpaired) electrons. The summed E-state index contributed by atoms with van der Waals surface area (Å²) in [5.74, 6) is 0.513. The van der Waals surface area contributed by atoms with Gasteiger partial charge in [0.25, 0.3) is 0 Å². The van der Waals surface area contributed by atoms with Crippen molar-refractivity contribution >= 4 is 10.9 Å². The van der Waals surface area contributed by atoms with Gasteiger partial charge in [-0.25, -0.2) is 0 Å². The zero-order chi connectivity index (χ0) is 11.5. The fourth-order valence-corrected chi connectivity index (χ4v) is 2.87. The smallest absolute Gasteiger partial charge is 0.0480 e. The second-order valence-corrected chi connectivity index (χ2v) is 5.53. The SMILES string of the molecule is Cn1ccc2c([C@@H]3[C@@H](N)C3(C)C)cccc21. The van der Waals surface area contributed by atoms with Gasteiger partial charge in [0.15, 0.2) is 0 Å². The molecule has 2 atom stereocenters. The predicted octanol–water partition coefficient (Wildman–Crippen LogP) is 2.63. The molecule has 1 aromatic carbocycles. The summed E-state index contributed by atoms with van der Waals surface area (Å²) in [6, 6.07) is 9.03. The summed E-state index contributed by atoms with van der Waals surface area (Å²) in [7, 11) is 2.09. The normalized spacial score (nSPS) is 27.2. The van der Waals surface area contributed by atoms with E-state index >= 15 is 0 Å². The van der Waals surface area contributed by atoms with Gasteiger partial charge in [0.2, 0.25) is 0 Å². The van der Waals surface area contributed by atoms with Crippen molar-refractivity contribution in [3.8, 4) is 0 Å². The van der Waals surface area contributed by atoms with Crippen LogP contribution in [0.2, 0.25) is 0 Å². The van der Waals surface area contributed by atoms with E-state index in [4.69, 9.17) is 5.73 Å². The van der Waals surface area contributed by atoms with Crippen LogP contribution in [-0.2, 0) is 7.05 Å². The quantitative estimate of drug-likeness (QED) is 0.777. The van der Waals surface area contributed by atoms with Crippen molar-refractivity contribution < 1.29 is 0 Å². The van der Waals surface area contributed by atoms with Gasteiger partial charge >= 0.3 is 0 Å². The van der Waals surface area contributed by atoms with Crippen LogP contribution in [0.5, 0.6) is 0 Å². The molecule has 0 spiro atoms. The fraction of sp³-hybridized carbons (Fsp3) is 0.429. The van der Waals surface area contributed by atoms with Gasteiger partial charge in [0.1, 0.15) is 0 Å². The molecule has 1 aromatic heterocycles. The van der Waals surface area contributed by atoms with E-state index in [1.165, 1.54) is 16.5 Å². The zero-order valence-electron chi connectivity index (χ0n) is 10.1. The van der Waals surface area contributed by atoms with E-state index in [1.54, 1.807) is 0 Å². The molecule has 2 nitrogen and oxygen atoms in total. The van der Waals surface area contributed by atoms with Crippen LogP contribution in [0.1, 0.15) is 25.3 Å². The summed E-state index contributed by atoms with van der Waals surface area (Å²) in [6.45, 7) is 4.51. The zero-order valence-corrected chi connectivity index (χ0v) is 10.1. The Morgan fingerprint density at radius 3 is 2.56 bits per heavy atom. The molecule has 2 N–H and O–H groups in total. The van der Waals surface area contributed by atoms with Crippen molar-refractivity contribution in [1.29, 1.82) is 0 Å². The first kappa shape index (κ1) is 9.91. The van der Waals surface area contributed by atoms with E-state index in [0.29, 0.717) is 12.0 Å². The number of nitrogens with zero attached hydrogens (tertiary/aromatic N) is 1. The maximum Gasteiger partial charge on any atom is 0.0480 e. The molecule has 0 unspecified atom stereocenters. The number of benzene rings is 1. The highest BCUT2D eigenvalue weighted by Crippen LogP contribution is 2.58. The van der Waals surface area contributed by atoms with E-state index < -0.39 is 0 Å². The van der Waals surface area contributed by atoms with E-state index in [9.17, 15) is 0 Å². The van der Waals surface area contributed by atoms with Crippen LogP contribution in [0.15, 0.2) is 30.5 Å². The van der Waals surface area contributed by atoms with Gasteiger partial charge in [-0.1, -0.05) is 26.0 Å². The maximum absolute atomic E-state index is 6.17. The van der Waals surface area contributed by atoms with Crippen molar-refractivity contribution in [2.24, 2.45) is 18.2 Å². The number of fused-ring (bicyclic) bond motifs is 1.